The van der Waals surface area contributed by atoms with Crippen LogP contribution >= 0.6 is 7.60 Å². The molecule has 0 heterocycles. The highest BCUT2D eigenvalue weighted by Gasteiger charge is 2.34. The summed E-state index contributed by atoms with van der Waals surface area (Å²) in [6, 6.07) is 6.46. The lowest BCUT2D eigenvalue weighted by molar-refractivity contribution is 0.178. The van der Waals surface area contributed by atoms with Gasteiger partial charge in [0.05, 0.1) is 11.8 Å². The summed E-state index contributed by atoms with van der Waals surface area (Å²) in [6.07, 6.45) is 2.87. The molecule has 0 radical (unpaired) electrons. The van der Waals surface area contributed by atoms with E-state index in [0.29, 0.717) is 12.8 Å². The van der Waals surface area contributed by atoms with E-state index in [1.165, 1.54) is 12.1 Å². The van der Waals surface area contributed by atoms with E-state index in [2.05, 4.69) is 0 Å². The molecule has 0 spiro atoms. The summed E-state index contributed by atoms with van der Waals surface area (Å²) in [4.78, 5) is 10.3. The molecule has 1 aromatic rings. The van der Waals surface area contributed by atoms with E-state index >= 15 is 0 Å². The van der Waals surface area contributed by atoms with Gasteiger partial charge in [-0.15, -0.1) is 0 Å². The highest BCUT2D eigenvalue weighted by atomic mass is 31.2. The lowest BCUT2D eigenvalue weighted by atomic mass is 10.1. The van der Waals surface area contributed by atoms with Crippen LogP contribution in [0.3, 0.4) is 0 Å². The third-order valence-corrected chi connectivity index (χ3v) is 5.41. The molecule has 114 valence electrons. The number of hydrogen-bond donors (Lipinski definition) is 2. The van der Waals surface area contributed by atoms with E-state index in [1.54, 1.807) is 19.1 Å². The molecule has 0 aliphatic rings. The topological polar surface area (TPSA) is 66.8 Å². The third kappa shape index (κ3) is 4.93. The van der Waals surface area contributed by atoms with Gasteiger partial charge in [-0.1, -0.05) is 38.8 Å². The lowest BCUT2D eigenvalue weighted by Gasteiger charge is -2.25. The molecule has 0 saturated carbocycles. The van der Waals surface area contributed by atoms with Crippen molar-refractivity contribution in [3.63, 3.8) is 0 Å². The largest absolute Gasteiger partial charge is 0.508 e. The Balaban J connectivity index is 2.98. The average Bonchev–Trinajstić information content (AvgIpc) is 2.40. The van der Waals surface area contributed by atoms with Crippen molar-refractivity contribution in [3.8, 4) is 5.75 Å². The molecule has 1 rings (SSSR count). The summed E-state index contributed by atoms with van der Waals surface area (Å²) < 4.78 is 17.9. The zero-order valence-corrected chi connectivity index (χ0v) is 13.3. The smallest absolute Gasteiger partial charge is 0.335 e. The summed E-state index contributed by atoms with van der Waals surface area (Å²) in [5.41, 5.74) is 0.211. The summed E-state index contributed by atoms with van der Waals surface area (Å²) in [5.74, 6) is 0.151. The second kappa shape index (κ2) is 7.82. The first kappa shape index (κ1) is 17.2. The Labute approximate surface area is 121 Å². The second-order valence-electron chi connectivity index (χ2n) is 5.14. The Kier molecular flexibility index (Phi) is 6.74. The molecular weight excluding hydrogens is 275 g/mol. The Morgan fingerprint density at radius 3 is 2.35 bits per heavy atom. The zero-order valence-electron chi connectivity index (χ0n) is 12.5. The van der Waals surface area contributed by atoms with Crippen LogP contribution in [0.2, 0.25) is 0 Å². The molecular formula is C15H25O4P. The third-order valence-electron chi connectivity index (χ3n) is 3.41. The van der Waals surface area contributed by atoms with Crippen LogP contribution in [0.4, 0.5) is 0 Å². The van der Waals surface area contributed by atoms with Crippen molar-refractivity contribution < 1.29 is 19.1 Å². The van der Waals surface area contributed by atoms with Crippen molar-refractivity contribution in [3.05, 3.63) is 29.8 Å². The predicted molar refractivity (Wildman–Crippen MR) is 81.0 cm³/mol. The van der Waals surface area contributed by atoms with Crippen molar-refractivity contribution in [2.24, 2.45) is 0 Å². The molecule has 0 aliphatic carbocycles. The molecule has 20 heavy (non-hydrogen) atoms. The van der Waals surface area contributed by atoms with Gasteiger partial charge in [-0.3, -0.25) is 4.57 Å². The minimum absolute atomic E-state index is 0.151. The fourth-order valence-corrected chi connectivity index (χ4v) is 3.89. The van der Waals surface area contributed by atoms with Crippen LogP contribution in [-0.2, 0) is 9.09 Å². The maximum atomic E-state index is 12.5. The number of aromatic hydroxyl groups is 1. The first-order valence-electron chi connectivity index (χ1n) is 7.20. The lowest BCUT2D eigenvalue weighted by Crippen LogP contribution is -2.10. The molecule has 3 atom stereocenters. The van der Waals surface area contributed by atoms with Crippen molar-refractivity contribution in [2.75, 3.05) is 0 Å². The van der Waals surface area contributed by atoms with Crippen molar-refractivity contribution in [2.45, 2.75) is 58.2 Å². The van der Waals surface area contributed by atoms with E-state index in [-0.39, 0.29) is 11.9 Å². The monoisotopic (exact) mass is 300 g/mol. The summed E-state index contributed by atoms with van der Waals surface area (Å²) in [5, 5.41) is 9.34. The maximum Gasteiger partial charge on any atom is 0.335 e. The molecule has 3 unspecified atom stereocenters. The quantitative estimate of drug-likeness (QED) is 0.687. The number of rotatable bonds is 8. The molecule has 0 aromatic heterocycles. The number of hydrogen-bond acceptors (Lipinski definition) is 3. The number of phenols is 1. The van der Waals surface area contributed by atoms with Crippen molar-refractivity contribution >= 4 is 7.60 Å². The van der Waals surface area contributed by atoms with E-state index < -0.39 is 13.3 Å². The van der Waals surface area contributed by atoms with Crippen LogP contribution < -0.4 is 0 Å². The summed E-state index contributed by atoms with van der Waals surface area (Å²) >= 11 is 0. The van der Waals surface area contributed by atoms with Gasteiger partial charge < -0.3 is 14.5 Å². The van der Waals surface area contributed by atoms with Gasteiger partial charge in [0.2, 0.25) is 0 Å². The van der Waals surface area contributed by atoms with Crippen molar-refractivity contribution in [1.29, 1.82) is 0 Å². The fraction of sp³-hybridized carbons (Fsp3) is 0.600. The Bertz CT molecular complexity index is 444. The van der Waals surface area contributed by atoms with Gasteiger partial charge in [0.25, 0.3) is 0 Å². The summed E-state index contributed by atoms with van der Waals surface area (Å²) in [7, 11) is -3.72. The van der Waals surface area contributed by atoms with Crippen molar-refractivity contribution in [1.82, 2.24) is 0 Å². The second-order valence-corrected chi connectivity index (χ2v) is 7.10. The standard InChI is InChI=1S/C15H25O4P/c1-4-6-7-15(13-8-10-14(16)11-9-13)20(17,18)19-12(3)5-2/h8-12,15-16H,4-7H2,1-3H3,(H,17,18). The molecule has 0 amide bonds. The van der Waals surface area contributed by atoms with Gasteiger partial charge >= 0.3 is 7.60 Å². The molecule has 0 aliphatic heterocycles. The Hall–Kier alpha value is -0.830. The first-order chi connectivity index (χ1) is 9.40. The predicted octanol–water partition coefficient (Wildman–Crippen LogP) is 4.62. The molecule has 0 bridgehead atoms. The van der Waals surface area contributed by atoms with Gasteiger partial charge in [-0.25, -0.2) is 0 Å². The van der Waals surface area contributed by atoms with Gasteiger partial charge in [-0.2, -0.15) is 0 Å². The van der Waals surface area contributed by atoms with Crippen LogP contribution in [0, 0.1) is 0 Å². The molecule has 0 saturated heterocycles. The Morgan fingerprint density at radius 1 is 1.25 bits per heavy atom. The summed E-state index contributed by atoms with van der Waals surface area (Å²) in [6.45, 7) is 5.77. The molecule has 5 heteroatoms. The van der Waals surface area contributed by atoms with Crippen LogP contribution in [0.25, 0.3) is 0 Å². The minimum atomic E-state index is -3.72. The van der Waals surface area contributed by atoms with Gasteiger partial charge in [-0.05, 0) is 37.5 Å². The minimum Gasteiger partial charge on any atom is -0.508 e. The fourth-order valence-electron chi connectivity index (χ4n) is 2.02. The number of benzene rings is 1. The van der Waals surface area contributed by atoms with Crippen LogP contribution in [0.5, 0.6) is 5.75 Å². The maximum absolute atomic E-state index is 12.5. The van der Waals surface area contributed by atoms with E-state index in [0.717, 1.165) is 18.4 Å². The average molecular weight is 300 g/mol. The highest BCUT2D eigenvalue weighted by molar-refractivity contribution is 7.53. The first-order valence-corrected chi connectivity index (χ1v) is 8.85. The SMILES string of the molecule is CCCCC(c1ccc(O)cc1)P(=O)(O)OC(C)CC. The van der Waals surface area contributed by atoms with E-state index in [4.69, 9.17) is 4.52 Å². The molecule has 4 nitrogen and oxygen atoms in total. The Morgan fingerprint density at radius 2 is 1.85 bits per heavy atom. The van der Waals surface area contributed by atoms with E-state index in [1.807, 2.05) is 13.8 Å². The highest BCUT2D eigenvalue weighted by Crippen LogP contribution is 2.59. The van der Waals surface area contributed by atoms with Crippen LogP contribution in [-0.4, -0.2) is 16.1 Å². The zero-order chi connectivity index (χ0) is 15.2. The van der Waals surface area contributed by atoms with Gasteiger partial charge in [0, 0.05) is 0 Å². The van der Waals surface area contributed by atoms with Crippen LogP contribution in [0.1, 0.15) is 57.7 Å². The molecule has 2 N–H and O–H groups in total. The van der Waals surface area contributed by atoms with Gasteiger partial charge in [0.15, 0.2) is 0 Å². The van der Waals surface area contributed by atoms with Crippen LogP contribution in [0.15, 0.2) is 24.3 Å². The number of phenolic OH excluding ortho intramolecular Hbond substituents is 1. The molecule has 1 aromatic carbocycles. The van der Waals surface area contributed by atoms with E-state index in [9.17, 15) is 14.6 Å². The van der Waals surface area contributed by atoms with Gasteiger partial charge in [0.1, 0.15) is 5.75 Å². The number of unbranched alkanes of at least 4 members (excludes halogenated alkanes) is 1. The normalized spacial score (nSPS) is 17.4. The molecule has 0 fully saturated rings.